The summed E-state index contributed by atoms with van der Waals surface area (Å²) in [7, 11) is 1.46. The van der Waals surface area contributed by atoms with Crippen LogP contribution in [0.25, 0.3) is 0 Å². The molecule has 486 valence electrons. The average Bonchev–Trinajstić information content (AvgIpc) is 3.52. The molecular weight excluding hydrogens is 1070 g/mol. The second kappa shape index (κ2) is 63.2. The third-order valence-electron chi connectivity index (χ3n) is 14.6. The number of allylic oxidation sites excluding steroid dienone is 21. The molecule has 0 aromatic rings. The van der Waals surface area contributed by atoms with E-state index >= 15 is 0 Å². The first-order valence-electron chi connectivity index (χ1n) is 34.5. The maximum absolute atomic E-state index is 13.6. The fourth-order valence-corrected chi connectivity index (χ4v) is 10.1. The van der Waals surface area contributed by atoms with Crippen molar-refractivity contribution >= 4 is 19.7 Å². The molecule has 0 aliphatic heterocycles. The highest BCUT2D eigenvalue weighted by Gasteiger charge is 2.30. The van der Waals surface area contributed by atoms with Crippen molar-refractivity contribution in [1.82, 2.24) is 5.32 Å². The normalized spacial score (nSPS) is 14.4. The maximum Gasteiger partial charge on any atom is 0.472 e. The Balaban J connectivity index is 5.22. The summed E-state index contributed by atoms with van der Waals surface area (Å²) in [6, 6.07) is -0.870. The average molecular weight is 1200 g/mol. The highest BCUT2D eigenvalue weighted by atomic mass is 31.2. The van der Waals surface area contributed by atoms with Gasteiger partial charge in [0, 0.05) is 12.8 Å². The maximum atomic E-state index is 13.6. The van der Waals surface area contributed by atoms with Crippen LogP contribution >= 0.6 is 7.82 Å². The minimum Gasteiger partial charge on any atom is -0.456 e. The number of ether oxygens (including phenoxy) is 1. The summed E-state index contributed by atoms with van der Waals surface area (Å²) in [5.74, 6) is -0.535. The highest BCUT2D eigenvalue weighted by Crippen LogP contribution is 2.43. The Morgan fingerprint density at radius 1 is 0.424 bits per heavy atom. The van der Waals surface area contributed by atoms with Gasteiger partial charge in [0.2, 0.25) is 5.91 Å². The molecule has 0 rings (SSSR count). The molecule has 0 aromatic heterocycles. The van der Waals surface area contributed by atoms with Crippen molar-refractivity contribution in [2.75, 3.05) is 40.9 Å². The second-order valence-corrected chi connectivity index (χ2v) is 25.4. The third kappa shape index (κ3) is 64.5. The molecule has 1 amide bonds. The number of hydrogen-bond donors (Lipinski definition) is 2. The van der Waals surface area contributed by atoms with Crippen LogP contribution in [0.2, 0.25) is 0 Å². The molecule has 0 aliphatic rings. The Morgan fingerprint density at radius 3 is 1.13 bits per heavy atom. The smallest absolute Gasteiger partial charge is 0.456 e. The van der Waals surface area contributed by atoms with E-state index in [1.807, 2.05) is 33.3 Å². The number of carbonyl (C=O) groups is 2. The fourth-order valence-electron chi connectivity index (χ4n) is 9.35. The van der Waals surface area contributed by atoms with Gasteiger partial charge in [-0.1, -0.05) is 277 Å². The van der Waals surface area contributed by atoms with Crippen LogP contribution in [0.3, 0.4) is 0 Å². The molecule has 0 aromatic carbocycles. The number of rotatable bonds is 61. The van der Waals surface area contributed by atoms with E-state index < -0.39 is 20.0 Å². The lowest BCUT2D eigenvalue weighted by molar-refractivity contribution is -0.870. The van der Waals surface area contributed by atoms with Gasteiger partial charge in [-0.3, -0.25) is 18.6 Å². The number of amides is 1. The molecule has 0 saturated carbocycles. The molecule has 10 heteroatoms. The highest BCUT2D eigenvalue weighted by molar-refractivity contribution is 7.47. The summed E-state index contributed by atoms with van der Waals surface area (Å²) in [6.45, 7) is 6.77. The van der Waals surface area contributed by atoms with Crippen molar-refractivity contribution in [2.24, 2.45) is 0 Å². The van der Waals surface area contributed by atoms with Gasteiger partial charge in [0.1, 0.15) is 19.3 Å². The number of phosphoric acid groups is 1. The number of phosphoric ester groups is 1. The van der Waals surface area contributed by atoms with Crippen LogP contribution in [-0.4, -0.2) is 74.3 Å². The number of nitrogens with zero attached hydrogens (tertiary/aromatic N) is 1. The van der Waals surface area contributed by atoms with E-state index in [4.69, 9.17) is 13.8 Å². The zero-order valence-electron chi connectivity index (χ0n) is 55.6. The first kappa shape index (κ1) is 81.2. The van der Waals surface area contributed by atoms with Crippen molar-refractivity contribution in [1.29, 1.82) is 0 Å². The van der Waals surface area contributed by atoms with Crippen LogP contribution in [0.1, 0.15) is 278 Å². The van der Waals surface area contributed by atoms with E-state index in [0.717, 1.165) is 148 Å². The van der Waals surface area contributed by atoms with Crippen molar-refractivity contribution < 1.29 is 37.3 Å². The van der Waals surface area contributed by atoms with Crippen molar-refractivity contribution in [3.05, 3.63) is 134 Å². The first-order chi connectivity index (χ1) is 41.4. The lowest BCUT2D eigenvalue weighted by Crippen LogP contribution is -2.47. The predicted molar refractivity (Wildman–Crippen MR) is 369 cm³/mol. The standard InChI is InChI=1S/C75H129N2O7P/c1-7-10-13-16-19-22-25-28-30-32-34-36-38-40-42-44-46-49-52-55-58-61-64-67-74(78)76-72(71-83-85(80,81)82-70-69-77(4,5)6)73(66-63-60-57-54-51-48-27-24-21-18-15-12-9-3)84-75(79)68-65-62-59-56-53-50-47-45-43-41-39-37-35-33-31-29-26-23-20-17-14-11-8-2/h10-11,13-14,19-20,22-23,28-31,34-37,40-43,63,66,72-73H,7-9,12,15-18,21,24-27,32-33,38-39,44-62,64-65,67-71H2,1-6H3,(H-,76,78,80,81)/p+1/b13-10-,14-11-,22-19-,23-20-,30-28-,31-29-,36-34-,37-35-,42-40-,43-41-,66-63+. The molecule has 0 fully saturated rings. The Kier molecular flexibility index (Phi) is 60.3. The Hall–Kier alpha value is -3.85. The van der Waals surface area contributed by atoms with Crippen LogP contribution in [0.4, 0.5) is 0 Å². The number of quaternary nitrogens is 1. The summed E-state index contributed by atoms with van der Waals surface area (Å²) in [6.07, 6.45) is 90.2. The first-order valence-corrected chi connectivity index (χ1v) is 36.0. The van der Waals surface area contributed by atoms with Gasteiger partial charge in [-0.05, 0) is 122 Å². The summed E-state index contributed by atoms with van der Waals surface area (Å²) >= 11 is 0. The largest absolute Gasteiger partial charge is 0.472 e. The molecule has 0 saturated heterocycles. The van der Waals surface area contributed by atoms with E-state index in [0.29, 0.717) is 17.4 Å². The Bertz CT molecular complexity index is 1920. The lowest BCUT2D eigenvalue weighted by Gasteiger charge is -2.27. The van der Waals surface area contributed by atoms with Gasteiger partial charge in [-0.15, -0.1) is 0 Å². The predicted octanol–water partition coefficient (Wildman–Crippen LogP) is 22.0. The van der Waals surface area contributed by atoms with Crippen molar-refractivity contribution in [2.45, 2.75) is 290 Å². The lowest BCUT2D eigenvalue weighted by atomic mass is 10.0. The zero-order valence-corrected chi connectivity index (χ0v) is 56.4. The van der Waals surface area contributed by atoms with Gasteiger partial charge in [-0.2, -0.15) is 0 Å². The minimum absolute atomic E-state index is 0.0288. The molecule has 0 aliphatic carbocycles. The summed E-state index contributed by atoms with van der Waals surface area (Å²) in [5.41, 5.74) is 0. The van der Waals surface area contributed by atoms with Crippen LogP contribution in [0, 0.1) is 0 Å². The summed E-state index contributed by atoms with van der Waals surface area (Å²) in [5, 5.41) is 3.06. The Morgan fingerprint density at radius 2 is 0.753 bits per heavy atom. The molecule has 9 nitrogen and oxygen atoms in total. The molecule has 3 atom stereocenters. The van der Waals surface area contributed by atoms with Crippen molar-refractivity contribution in [3.8, 4) is 0 Å². The number of esters is 1. The van der Waals surface area contributed by atoms with Gasteiger partial charge in [0.05, 0.1) is 33.8 Å². The molecule has 85 heavy (non-hydrogen) atoms. The van der Waals surface area contributed by atoms with E-state index in [1.54, 1.807) is 0 Å². The van der Waals surface area contributed by atoms with Crippen LogP contribution < -0.4 is 5.32 Å². The second-order valence-electron chi connectivity index (χ2n) is 23.9. The molecule has 0 radical (unpaired) electrons. The molecule has 2 N–H and O–H groups in total. The number of carbonyl (C=O) groups excluding carboxylic acids is 2. The molecule has 3 unspecified atom stereocenters. The summed E-state index contributed by atoms with van der Waals surface area (Å²) in [4.78, 5) is 37.9. The Labute approximate surface area is 524 Å². The number of likely N-dealkylation sites (N-methyl/N-ethyl adjacent to an activating group) is 1. The van der Waals surface area contributed by atoms with Crippen LogP contribution in [0.15, 0.2) is 134 Å². The van der Waals surface area contributed by atoms with Crippen molar-refractivity contribution in [3.63, 3.8) is 0 Å². The molecule has 0 heterocycles. The topological polar surface area (TPSA) is 111 Å². The molecule has 0 bridgehead atoms. The molecular formula is C75H130N2O7P+. The monoisotopic (exact) mass is 1200 g/mol. The van der Waals surface area contributed by atoms with Crippen LogP contribution in [0.5, 0.6) is 0 Å². The van der Waals surface area contributed by atoms with Gasteiger partial charge in [-0.25, -0.2) is 4.57 Å². The van der Waals surface area contributed by atoms with Gasteiger partial charge >= 0.3 is 13.8 Å². The number of unbranched alkanes of at least 4 members (excludes halogenated alkanes) is 25. The van der Waals surface area contributed by atoms with Gasteiger partial charge < -0.3 is 19.4 Å². The number of hydrogen-bond acceptors (Lipinski definition) is 6. The minimum atomic E-state index is -4.47. The van der Waals surface area contributed by atoms with Gasteiger partial charge in [0.25, 0.3) is 0 Å². The molecule has 0 spiro atoms. The fraction of sp³-hybridized carbons (Fsp3) is 0.680. The van der Waals surface area contributed by atoms with Crippen LogP contribution in [-0.2, 0) is 27.9 Å². The van der Waals surface area contributed by atoms with E-state index in [9.17, 15) is 19.0 Å². The third-order valence-corrected chi connectivity index (χ3v) is 15.6. The summed E-state index contributed by atoms with van der Waals surface area (Å²) < 4.78 is 30.8. The van der Waals surface area contributed by atoms with E-state index in [-0.39, 0.29) is 31.5 Å². The quantitative estimate of drug-likeness (QED) is 0.0205. The van der Waals surface area contributed by atoms with E-state index in [1.165, 1.54) is 96.3 Å². The number of nitrogens with one attached hydrogen (secondary N) is 1. The SMILES string of the molecule is CC/C=C\C/C=C\C/C=C\C/C=C\C/C=C\CCCCCCCCCC(=O)NC(COP(=O)(O)OCC[N+](C)(C)C)C(/C=C/CCCCCCCCCCCCC)OC(=O)CCCCCCCCC/C=C\C/C=C\C/C=C\C/C=C\C/C=C\CC. The van der Waals surface area contributed by atoms with Gasteiger partial charge in [0.15, 0.2) is 0 Å². The van der Waals surface area contributed by atoms with E-state index in [2.05, 4.69) is 148 Å². The zero-order chi connectivity index (χ0) is 62.1.